The molecule has 0 radical (unpaired) electrons. The van der Waals surface area contributed by atoms with E-state index in [9.17, 15) is 39.0 Å². The number of aliphatic hydroxyl groups is 2. The van der Waals surface area contributed by atoms with Gasteiger partial charge in [0.15, 0.2) is 17.7 Å². The Morgan fingerprint density at radius 3 is 2.14 bits per heavy atom. The number of unbranched alkanes of at least 4 members (excludes halogenated alkanes) is 1. The first kappa shape index (κ1) is 63.9. The standard InChI is InChI=1S/C43H65N5O10.C22H19ClO3/c1-12-33-43(8)37(48(41(53)58-43)19-14-13-18-47-23-31(45-24-47)30-16-15-17-44-22-30)27(4)34(49)25(2)21-42(7,54-11)38(28(5)35(50)29(6)39(52)56-33)57-40-36(51)32(46(9)10)20-26(3)55-40;23-16-11-9-14(10-12-16)13-5-7-15(8-6-13)19-20(24)17-3-1-2-4-18(17)21(25)22(19)26/h15-17,22-29,32-33,36-38,40,51H,12-14,18-21H2,1-11H3;1-4,9-13,15,24H,5-8H2/t25-,26-,27-,28+,29-,32+,33+,36-,37-,38-,40+,42-,43-;/m1./s1. The van der Waals surface area contributed by atoms with Crippen molar-refractivity contribution in [3.63, 3.8) is 0 Å². The number of methoxy groups -OCH3 is 1. The summed E-state index contributed by atoms with van der Waals surface area (Å²) in [7, 11) is 5.24. The molecule has 1 amide bonds. The molecule has 454 valence electrons. The topological polar surface area (TPSA) is 226 Å². The van der Waals surface area contributed by atoms with Gasteiger partial charge in [-0.2, -0.15) is 0 Å². The minimum absolute atomic E-state index is 0.0138. The largest absolute Gasteiger partial charge is 0.507 e. The quantitative estimate of drug-likeness (QED) is 0.0549. The van der Waals surface area contributed by atoms with Gasteiger partial charge < -0.3 is 48.3 Å². The number of esters is 1. The van der Waals surface area contributed by atoms with Crippen LogP contribution in [-0.2, 0) is 49.4 Å². The van der Waals surface area contributed by atoms with Crippen LogP contribution in [0.1, 0.15) is 141 Å². The van der Waals surface area contributed by atoms with Gasteiger partial charge >= 0.3 is 12.1 Å². The van der Waals surface area contributed by atoms with Crippen molar-refractivity contribution in [3.05, 3.63) is 113 Å². The number of likely N-dealkylation sites (N-methyl/N-ethyl adjacent to an activating group) is 1. The van der Waals surface area contributed by atoms with Crippen molar-refractivity contribution < 1.29 is 62.7 Å². The van der Waals surface area contributed by atoms with Crippen LogP contribution < -0.4 is 0 Å². The number of rotatable bonds is 13. The molecule has 84 heavy (non-hydrogen) atoms. The summed E-state index contributed by atoms with van der Waals surface area (Å²) < 4.78 is 33.2. The van der Waals surface area contributed by atoms with E-state index in [-0.39, 0.29) is 42.4 Å². The monoisotopic (exact) mass is 1180 g/mol. The molecule has 2 aliphatic carbocycles. The number of halogens is 1. The number of aliphatic hydroxyl groups excluding tert-OH is 2. The van der Waals surface area contributed by atoms with Crippen LogP contribution in [0, 0.1) is 29.6 Å². The molecule has 9 rings (SSSR count). The number of aryl methyl sites for hydroxylation is 1. The maximum atomic E-state index is 14.7. The molecule has 2 N–H and O–H groups in total. The first-order chi connectivity index (χ1) is 39.9. The lowest BCUT2D eigenvalue weighted by atomic mass is 9.72. The summed E-state index contributed by atoms with van der Waals surface area (Å²) in [5, 5.41) is 22.8. The van der Waals surface area contributed by atoms with Crippen LogP contribution in [0.25, 0.3) is 17.0 Å². The molecule has 5 heterocycles. The number of imidazole rings is 1. The highest BCUT2D eigenvalue weighted by Gasteiger charge is 2.60. The maximum absolute atomic E-state index is 14.7. The molecular formula is C65H84ClN5O13. The number of ether oxygens (including phenoxy) is 5. The molecule has 4 fully saturated rings. The fourth-order valence-corrected chi connectivity index (χ4v) is 13.8. The Labute approximate surface area is 498 Å². The van der Waals surface area contributed by atoms with Gasteiger partial charge in [-0.05, 0) is 141 Å². The summed E-state index contributed by atoms with van der Waals surface area (Å²) in [6.07, 6.45) is 7.87. The number of amides is 1. The van der Waals surface area contributed by atoms with Crippen molar-refractivity contribution in [2.24, 2.45) is 29.6 Å². The lowest BCUT2D eigenvalue weighted by molar-refractivity contribution is -0.295. The molecule has 4 aromatic rings. The molecule has 0 bridgehead atoms. The van der Waals surface area contributed by atoms with Crippen LogP contribution in [-0.4, -0.2) is 151 Å². The number of Topliss-reactive ketones (excluding diaryl/α,β-unsaturated/α-hetero) is 4. The van der Waals surface area contributed by atoms with E-state index in [0.29, 0.717) is 55.0 Å². The van der Waals surface area contributed by atoms with Crippen LogP contribution in [0.2, 0.25) is 5.02 Å². The summed E-state index contributed by atoms with van der Waals surface area (Å²) >= 11 is 5.96. The number of benzene rings is 2. The van der Waals surface area contributed by atoms with E-state index in [4.69, 9.17) is 35.3 Å². The fourth-order valence-electron chi connectivity index (χ4n) is 13.6. The maximum Gasteiger partial charge on any atom is 0.410 e. The highest BCUT2D eigenvalue weighted by Crippen LogP contribution is 2.45. The molecule has 2 aromatic carbocycles. The molecule has 13 atom stereocenters. The zero-order valence-corrected chi connectivity index (χ0v) is 51.1. The van der Waals surface area contributed by atoms with E-state index in [1.54, 1.807) is 75.6 Å². The minimum atomic E-state index is -1.40. The molecule has 5 aliphatic rings. The SMILES string of the molecule is CC[C@@H]1OC(=O)[C@H](C)C(=O)[C@H](C)[C@@H](O[C@@H]2O[C@H](C)C[C@H](N(C)C)[C@H]2O)[C@](C)(OC)C[C@@H](C)C(=O)[C@@H](C)[C@H]2N(CCCCn3cnc(-c4cccnc4)c3)C(=O)O[C@]12C.O=C1C(=O)c2ccccc2C(O)=C1C1CCC(c2ccc(Cl)cc2)CC1. The van der Waals surface area contributed by atoms with Gasteiger partial charge in [0.2, 0.25) is 11.6 Å². The van der Waals surface area contributed by atoms with E-state index in [0.717, 1.165) is 42.0 Å². The highest BCUT2D eigenvalue weighted by atomic mass is 35.5. The summed E-state index contributed by atoms with van der Waals surface area (Å²) in [4.78, 5) is 94.1. The lowest BCUT2D eigenvalue weighted by Gasteiger charge is -2.47. The predicted molar refractivity (Wildman–Crippen MR) is 316 cm³/mol. The molecule has 3 aliphatic heterocycles. The number of cyclic esters (lactones) is 1. The van der Waals surface area contributed by atoms with Crippen LogP contribution in [0.5, 0.6) is 0 Å². The summed E-state index contributed by atoms with van der Waals surface area (Å²) in [6.45, 7) is 14.9. The summed E-state index contributed by atoms with van der Waals surface area (Å²) in [5.74, 6) is -5.66. The number of nitrogens with zero attached hydrogens (tertiary/aromatic N) is 5. The Morgan fingerprint density at radius 2 is 1.50 bits per heavy atom. The smallest absolute Gasteiger partial charge is 0.410 e. The number of carbonyl (C=O) groups is 6. The van der Waals surface area contributed by atoms with Crippen molar-refractivity contribution in [2.75, 3.05) is 27.7 Å². The van der Waals surface area contributed by atoms with E-state index in [2.05, 4.69) is 22.1 Å². The first-order valence-electron chi connectivity index (χ1n) is 29.7. The number of fused-ring (bicyclic) bond motifs is 2. The molecular weight excluding hydrogens is 1090 g/mol. The minimum Gasteiger partial charge on any atom is -0.507 e. The lowest BCUT2D eigenvalue weighted by Crippen LogP contribution is -2.60. The number of ketones is 4. The van der Waals surface area contributed by atoms with Crippen molar-refractivity contribution in [1.29, 1.82) is 0 Å². The molecule has 2 aromatic heterocycles. The third kappa shape index (κ3) is 13.4. The Bertz CT molecular complexity index is 3030. The molecule has 1 saturated carbocycles. The third-order valence-corrected chi connectivity index (χ3v) is 18.7. The van der Waals surface area contributed by atoms with E-state index >= 15 is 0 Å². The van der Waals surface area contributed by atoms with Gasteiger partial charge in [-0.3, -0.25) is 29.0 Å². The second-order valence-electron chi connectivity index (χ2n) is 24.4. The highest BCUT2D eigenvalue weighted by molar-refractivity contribution is 6.52. The Morgan fingerprint density at radius 1 is 0.833 bits per heavy atom. The van der Waals surface area contributed by atoms with Crippen molar-refractivity contribution in [3.8, 4) is 11.3 Å². The number of allylic oxidation sites excluding steroid dienone is 1. The van der Waals surface area contributed by atoms with Crippen molar-refractivity contribution in [2.45, 2.75) is 180 Å². The second kappa shape index (κ2) is 27.0. The molecule has 19 heteroatoms. The van der Waals surface area contributed by atoms with Gasteiger partial charge in [0, 0.05) is 89.9 Å². The van der Waals surface area contributed by atoms with Crippen LogP contribution in [0.15, 0.2) is 91.2 Å². The zero-order valence-electron chi connectivity index (χ0n) is 50.4. The van der Waals surface area contributed by atoms with Gasteiger partial charge in [0.25, 0.3) is 0 Å². The van der Waals surface area contributed by atoms with E-state index < -0.39 is 94.9 Å². The van der Waals surface area contributed by atoms with E-state index in [1.165, 1.54) is 19.6 Å². The number of hydrogen-bond acceptors (Lipinski definition) is 16. The second-order valence-corrected chi connectivity index (χ2v) is 24.8. The van der Waals surface area contributed by atoms with Crippen LogP contribution in [0.3, 0.4) is 0 Å². The van der Waals surface area contributed by atoms with Crippen molar-refractivity contribution in [1.82, 2.24) is 24.3 Å². The Kier molecular flexibility index (Phi) is 20.6. The van der Waals surface area contributed by atoms with Gasteiger partial charge in [-0.1, -0.05) is 75.7 Å². The average Bonchev–Trinajstić information content (AvgIpc) is 3.05. The van der Waals surface area contributed by atoms with Gasteiger partial charge in [-0.15, -0.1) is 0 Å². The van der Waals surface area contributed by atoms with Gasteiger partial charge in [-0.25, -0.2) is 9.78 Å². The van der Waals surface area contributed by atoms with Crippen LogP contribution in [0.4, 0.5) is 4.79 Å². The number of carbonyl (C=O) groups excluding carboxylic acids is 6. The molecule has 3 saturated heterocycles. The fraction of sp³-hybridized carbons (Fsp3) is 0.569. The number of pyridine rings is 1. The summed E-state index contributed by atoms with van der Waals surface area (Å²) in [5.41, 5.74) is 1.40. The Hall–Kier alpha value is -6.15. The van der Waals surface area contributed by atoms with Crippen molar-refractivity contribution >= 4 is 52.6 Å². The number of aromatic nitrogens is 3. The summed E-state index contributed by atoms with van der Waals surface area (Å²) in [6, 6.07) is 17.4. The van der Waals surface area contributed by atoms with Gasteiger partial charge in [0.05, 0.1) is 35.9 Å². The molecule has 0 unspecified atom stereocenters. The van der Waals surface area contributed by atoms with Gasteiger partial charge in [0.1, 0.15) is 29.7 Å². The average molecular weight is 1180 g/mol. The zero-order chi connectivity index (χ0) is 60.9. The third-order valence-electron chi connectivity index (χ3n) is 18.4. The van der Waals surface area contributed by atoms with Crippen LogP contribution >= 0.6 is 11.6 Å². The molecule has 0 spiro atoms. The Balaban J connectivity index is 0.000000292. The first-order valence-corrected chi connectivity index (χ1v) is 30.1. The van der Waals surface area contributed by atoms with E-state index in [1.807, 2.05) is 74.8 Å². The molecule has 18 nitrogen and oxygen atoms in total. The number of hydrogen-bond donors (Lipinski definition) is 2. The normalized spacial score (nSPS) is 32.5. The predicted octanol–water partition coefficient (Wildman–Crippen LogP) is 10.3.